The first kappa shape index (κ1) is 15.2. The Morgan fingerprint density at radius 2 is 1.90 bits per heavy atom. The predicted octanol–water partition coefficient (Wildman–Crippen LogP) is 3.49. The van der Waals surface area contributed by atoms with Crippen LogP contribution in [-0.4, -0.2) is 17.1 Å². The highest BCUT2D eigenvalue weighted by Gasteiger charge is 2.14. The van der Waals surface area contributed by atoms with Crippen LogP contribution in [-0.2, 0) is 4.84 Å². The third-order valence-electron chi connectivity index (χ3n) is 2.74. The summed E-state index contributed by atoms with van der Waals surface area (Å²) in [6.07, 6.45) is 1.37. The van der Waals surface area contributed by atoms with Crippen LogP contribution >= 0.6 is 15.9 Å². The molecule has 0 aliphatic rings. The molecule has 1 heterocycles. The fourth-order valence-corrected chi connectivity index (χ4v) is 2.23. The highest BCUT2D eigenvalue weighted by Crippen LogP contribution is 2.35. The quantitative estimate of drug-likeness (QED) is 0.851. The van der Waals surface area contributed by atoms with Gasteiger partial charge in [-0.3, -0.25) is 4.84 Å². The monoisotopic (exact) mass is 348 g/mol. The number of halogens is 1. The zero-order valence-corrected chi connectivity index (χ0v) is 13.4. The first-order valence-corrected chi connectivity index (χ1v) is 6.84. The summed E-state index contributed by atoms with van der Waals surface area (Å²) in [7, 11) is 1.49. The molecule has 0 spiro atoms. The van der Waals surface area contributed by atoms with Gasteiger partial charge in [-0.05, 0) is 53.0 Å². The Hall–Kier alpha value is -2.17. The van der Waals surface area contributed by atoms with Crippen molar-refractivity contribution in [3.05, 3.63) is 39.6 Å². The van der Waals surface area contributed by atoms with Gasteiger partial charge >= 0.3 is 0 Å². The van der Waals surface area contributed by atoms with Crippen LogP contribution in [0.25, 0.3) is 0 Å². The molecule has 1 N–H and O–H groups in total. The first-order valence-electron chi connectivity index (χ1n) is 6.05. The molecule has 21 heavy (non-hydrogen) atoms. The van der Waals surface area contributed by atoms with Crippen LogP contribution in [0.2, 0.25) is 0 Å². The molecule has 1 aromatic heterocycles. The summed E-state index contributed by atoms with van der Waals surface area (Å²) in [5.74, 6) is 1.49. The van der Waals surface area contributed by atoms with Gasteiger partial charge in [0, 0.05) is 0 Å². The summed E-state index contributed by atoms with van der Waals surface area (Å²) in [5.41, 5.74) is 4.95. The lowest BCUT2D eigenvalue weighted by atomic mass is 10.1. The fourth-order valence-electron chi connectivity index (χ4n) is 1.87. The van der Waals surface area contributed by atoms with Crippen molar-refractivity contribution in [2.75, 3.05) is 12.6 Å². The molecule has 7 heteroatoms. The molecule has 0 saturated carbocycles. The summed E-state index contributed by atoms with van der Waals surface area (Å²) in [6.45, 7) is 3.76. The lowest BCUT2D eigenvalue weighted by molar-refractivity contribution is 0.268. The van der Waals surface area contributed by atoms with E-state index >= 15 is 0 Å². The van der Waals surface area contributed by atoms with E-state index in [-0.39, 0.29) is 0 Å². The average Bonchev–Trinajstić information content (AvgIpc) is 2.46. The minimum absolute atomic E-state index is 0.362. The second-order valence-corrected chi connectivity index (χ2v) is 5.09. The number of nitrogens with zero attached hydrogens (tertiary/aromatic N) is 3. The zero-order chi connectivity index (χ0) is 15.4. The summed E-state index contributed by atoms with van der Waals surface area (Å²) < 4.78 is 6.41. The van der Waals surface area contributed by atoms with E-state index < -0.39 is 0 Å². The van der Waals surface area contributed by atoms with E-state index in [1.54, 1.807) is 12.1 Å². The molecule has 6 nitrogen and oxygen atoms in total. The third-order valence-corrected chi connectivity index (χ3v) is 3.46. The summed E-state index contributed by atoms with van der Waals surface area (Å²) in [6, 6.07) is 5.66. The lowest BCUT2D eigenvalue weighted by Crippen LogP contribution is -2.02. The molecule has 2 rings (SSSR count). The molecule has 1 aromatic carbocycles. The molecule has 108 valence electrons. The fraction of sp³-hybridized carbons (Fsp3) is 0.214. The van der Waals surface area contributed by atoms with E-state index in [0.717, 1.165) is 11.1 Å². The molecular formula is C14H13BrN4O2. The molecule has 0 amide bonds. The van der Waals surface area contributed by atoms with Gasteiger partial charge in [-0.15, -0.1) is 0 Å². The van der Waals surface area contributed by atoms with E-state index in [4.69, 9.17) is 14.8 Å². The number of nitriles is 1. The highest BCUT2D eigenvalue weighted by molar-refractivity contribution is 9.10. The maximum absolute atomic E-state index is 8.97. The second kappa shape index (κ2) is 6.52. The number of anilines is 1. The van der Waals surface area contributed by atoms with Gasteiger partial charge in [-0.1, -0.05) is 0 Å². The van der Waals surface area contributed by atoms with Crippen LogP contribution < -0.4 is 10.2 Å². The van der Waals surface area contributed by atoms with Gasteiger partial charge in [0.1, 0.15) is 16.5 Å². The van der Waals surface area contributed by atoms with Gasteiger partial charge in [-0.2, -0.15) is 5.26 Å². The van der Waals surface area contributed by atoms with Crippen molar-refractivity contribution in [3.8, 4) is 17.7 Å². The average molecular weight is 349 g/mol. The lowest BCUT2D eigenvalue weighted by Gasteiger charge is -2.13. The number of hydrogen-bond donors (Lipinski definition) is 1. The molecule has 0 radical (unpaired) electrons. The van der Waals surface area contributed by atoms with Crippen molar-refractivity contribution in [2.45, 2.75) is 13.8 Å². The van der Waals surface area contributed by atoms with Crippen LogP contribution in [0.15, 0.2) is 22.9 Å². The van der Waals surface area contributed by atoms with Crippen LogP contribution in [0.5, 0.6) is 11.6 Å². The number of benzene rings is 1. The minimum Gasteiger partial charge on any atom is -0.437 e. The van der Waals surface area contributed by atoms with E-state index in [0.29, 0.717) is 27.5 Å². The zero-order valence-electron chi connectivity index (χ0n) is 11.8. The molecule has 0 aliphatic carbocycles. The van der Waals surface area contributed by atoms with Gasteiger partial charge < -0.3 is 4.74 Å². The molecule has 0 aliphatic heterocycles. The Morgan fingerprint density at radius 3 is 2.48 bits per heavy atom. The maximum atomic E-state index is 8.97. The largest absolute Gasteiger partial charge is 0.437 e. The van der Waals surface area contributed by atoms with E-state index in [2.05, 4.69) is 37.4 Å². The number of rotatable bonds is 4. The summed E-state index contributed by atoms with van der Waals surface area (Å²) >= 11 is 3.37. The number of aryl methyl sites for hydroxylation is 2. The SMILES string of the molecule is CONc1ncnc(Oc2c(C)cc(C#N)cc2C)c1Br. The van der Waals surface area contributed by atoms with Crippen molar-refractivity contribution in [2.24, 2.45) is 0 Å². The smallest absolute Gasteiger partial charge is 0.238 e. The van der Waals surface area contributed by atoms with Crippen molar-refractivity contribution >= 4 is 21.7 Å². The van der Waals surface area contributed by atoms with Gasteiger partial charge in [0.15, 0.2) is 5.82 Å². The van der Waals surface area contributed by atoms with Gasteiger partial charge in [-0.25, -0.2) is 15.4 Å². The Bertz CT molecular complexity index is 690. The number of aromatic nitrogens is 2. The van der Waals surface area contributed by atoms with E-state index in [1.807, 2.05) is 13.8 Å². The first-order chi connectivity index (χ1) is 10.1. The Kier molecular flexibility index (Phi) is 4.73. The summed E-state index contributed by atoms with van der Waals surface area (Å²) in [4.78, 5) is 13.0. The van der Waals surface area contributed by atoms with E-state index in [9.17, 15) is 0 Å². The third kappa shape index (κ3) is 3.29. The van der Waals surface area contributed by atoms with Crippen LogP contribution in [0, 0.1) is 25.2 Å². The van der Waals surface area contributed by atoms with Crippen LogP contribution in [0.4, 0.5) is 5.82 Å². The Labute approximate surface area is 130 Å². The predicted molar refractivity (Wildman–Crippen MR) is 81.1 cm³/mol. The van der Waals surface area contributed by atoms with Crippen molar-refractivity contribution in [1.29, 1.82) is 5.26 Å². The topological polar surface area (TPSA) is 80.1 Å². The number of ether oxygens (including phenoxy) is 1. The van der Waals surface area contributed by atoms with Crippen LogP contribution in [0.3, 0.4) is 0 Å². The number of hydrogen-bond acceptors (Lipinski definition) is 6. The van der Waals surface area contributed by atoms with E-state index in [1.165, 1.54) is 13.4 Å². The molecule has 0 saturated heterocycles. The van der Waals surface area contributed by atoms with Crippen molar-refractivity contribution in [1.82, 2.24) is 9.97 Å². The molecular weight excluding hydrogens is 336 g/mol. The van der Waals surface area contributed by atoms with Crippen molar-refractivity contribution in [3.63, 3.8) is 0 Å². The van der Waals surface area contributed by atoms with Crippen molar-refractivity contribution < 1.29 is 9.57 Å². The highest BCUT2D eigenvalue weighted by atomic mass is 79.9. The Morgan fingerprint density at radius 1 is 1.24 bits per heavy atom. The van der Waals surface area contributed by atoms with Gasteiger partial charge in [0.05, 0.1) is 18.7 Å². The normalized spacial score (nSPS) is 10.0. The van der Waals surface area contributed by atoms with Gasteiger partial charge in [0.2, 0.25) is 5.88 Å². The molecule has 2 aromatic rings. The molecule has 0 fully saturated rings. The maximum Gasteiger partial charge on any atom is 0.238 e. The second-order valence-electron chi connectivity index (χ2n) is 4.30. The van der Waals surface area contributed by atoms with Crippen LogP contribution in [0.1, 0.15) is 16.7 Å². The molecule has 0 bridgehead atoms. The molecule has 0 unspecified atom stereocenters. The van der Waals surface area contributed by atoms with Gasteiger partial charge in [0.25, 0.3) is 0 Å². The summed E-state index contributed by atoms with van der Waals surface area (Å²) in [5, 5.41) is 8.97. The number of nitrogens with one attached hydrogen (secondary N) is 1. The molecule has 0 atom stereocenters. The standard InChI is InChI=1S/C14H13BrN4O2/c1-8-4-10(6-16)5-9(2)12(8)21-14-11(15)13(19-20-3)17-7-18-14/h4-5,7H,1-3H3,(H,17,18,19). The Balaban J connectivity index is 2.39. The minimum atomic E-state index is 0.362.